The van der Waals surface area contributed by atoms with E-state index < -0.39 is 23.2 Å². The van der Waals surface area contributed by atoms with Gasteiger partial charge in [-0.3, -0.25) is 23.5 Å². The third kappa shape index (κ3) is 4.65. The maximum Gasteiger partial charge on any atom is 0.330 e. The molecule has 0 saturated heterocycles. The van der Waals surface area contributed by atoms with Crippen molar-refractivity contribution in [1.82, 2.24) is 29.7 Å². The number of amides is 2. The summed E-state index contributed by atoms with van der Waals surface area (Å²) in [5, 5.41) is 5.27. The van der Waals surface area contributed by atoms with Crippen molar-refractivity contribution in [2.75, 3.05) is 0 Å². The maximum absolute atomic E-state index is 12.3. The summed E-state index contributed by atoms with van der Waals surface area (Å²) in [7, 11) is 2.91. The lowest BCUT2D eigenvalue weighted by molar-refractivity contribution is -0.128. The molecule has 0 aliphatic heterocycles. The molecule has 10 heteroatoms. The number of nitrogens with one attached hydrogen (secondary N) is 3. The second-order valence-corrected chi connectivity index (χ2v) is 7.08. The van der Waals surface area contributed by atoms with Crippen LogP contribution in [0.1, 0.15) is 24.9 Å². The minimum atomic E-state index is -0.767. The van der Waals surface area contributed by atoms with Crippen LogP contribution >= 0.6 is 0 Å². The van der Waals surface area contributed by atoms with Crippen molar-refractivity contribution in [1.29, 1.82) is 0 Å². The van der Waals surface area contributed by atoms with Crippen LogP contribution in [0.4, 0.5) is 0 Å². The van der Waals surface area contributed by atoms with Gasteiger partial charge in [0.15, 0.2) is 0 Å². The summed E-state index contributed by atoms with van der Waals surface area (Å²) >= 11 is 0. The average Bonchev–Trinajstić information content (AvgIpc) is 3.15. The van der Waals surface area contributed by atoms with Gasteiger partial charge in [0.05, 0.1) is 17.6 Å². The van der Waals surface area contributed by atoms with Gasteiger partial charge in [0.25, 0.3) is 5.56 Å². The fourth-order valence-corrected chi connectivity index (χ4v) is 3.01. The van der Waals surface area contributed by atoms with E-state index in [1.165, 1.54) is 24.7 Å². The normalized spacial score (nSPS) is 12.0. The predicted octanol–water partition coefficient (Wildman–Crippen LogP) is -0.286. The van der Waals surface area contributed by atoms with E-state index in [0.29, 0.717) is 17.9 Å². The molecule has 2 heterocycles. The van der Waals surface area contributed by atoms with Gasteiger partial charge in [-0.15, -0.1) is 0 Å². The van der Waals surface area contributed by atoms with Crippen LogP contribution in [0.25, 0.3) is 11.0 Å². The number of carbonyl (C=O) groups excluding carboxylic acids is 2. The highest BCUT2D eigenvalue weighted by atomic mass is 16.2. The fraction of sp³-hybridized carbons (Fsp3) is 0.350. The Morgan fingerprint density at radius 2 is 1.90 bits per heavy atom. The van der Waals surface area contributed by atoms with Crippen molar-refractivity contribution in [3.05, 3.63) is 62.7 Å². The first kappa shape index (κ1) is 21.0. The molecule has 158 valence electrons. The lowest BCUT2D eigenvalue weighted by Gasteiger charge is -2.15. The molecule has 0 fully saturated rings. The molecule has 1 atom stereocenters. The van der Waals surface area contributed by atoms with Gasteiger partial charge in [-0.05, 0) is 19.1 Å². The van der Waals surface area contributed by atoms with Crippen LogP contribution in [0, 0.1) is 0 Å². The summed E-state index contributed by atoms with van der Waals surface area (Å²) in [5.41, 5.74) is 1.20. The molecule has 2 amide bonds. The number of benzene rings is 1. The molecule has 0 spiro atoms. The molecule has 10 nitrogen and oxygen atoms in total. The van der Waals surface area contributed by atoms with Crippen LogP contribution in [0.15, 0.2) is 39.9 Å². The van der Waals surface area contributed by atoms with Gasteiger partial charge in [0.1, 0.15) is 11.9 Å². The number of fused-ring (bicyclic) bond motifs is 1. The van der Waals surface area contributed by atoms with Gasteiger partial charge >= 0.3 is 5.69 Å². The minimum Gasteiger partial charge on any atom is -0.349 e. The number of H-pyrrole nitrogens is 1. The first-order valence-corrected chi connectivity index (χ1v) is 9.53. The Bertz CT molecular complexity index is 1170. The first-order chi connectivity index (χ1) is 14.3. The molecular weight excluding hydrogens is 388 g/mol. The Labute approximate surface area is 171 Å². The lowest BCUT2D eigenvalue weighted by atomic mass is 10.2. The Hall–Kier alpha value is -3.69. The van der Waals surface area contributed by atoms with Crippen LogP contribution in [0.2, 0.25) is 0 Å². The highest BCUT2D eigenvalue weighted by Gasteiger charge is 2.16. The van der Waals surface area contributed by atoms with E-state index in [2.05, 4.69) is 20.6 Å². The van der Waals surface area contributed by atoms with Gasteiger partial charge in [0.2, 0.25) is 11.8 Å². The number of aryl methyl sites for hydroxylation is 1. The van der Waals surface area contributed by atoms with Gasteiger partial charge in [0, 0.05) is 38.7 Å². The second-order valence-electron chi connectivity index (χ2n) is 7.08. The van der Waals surface area contributed by atoms with E-state index in [1.54, 1.807) is 6.92 Å². The summed E-state index contributed by atoms with van der Waals surface area (Å²) in [4.78, 5) is 55.7. The highest BCUT2D eigenvalue weighted by molar-refractivity contribution is 5.87. The Balaban J connectivity index is 1.50. The number of aromatic amines is 1. The number of rotatable bonds is 7. The summed E-state index contributed by atoms with van der Waals surface area (Å²) in [6.45, 7) is 1.57. The lowest BCUT2D eigenvalue weighted by Crippen LogP contribution is -2.45. The fourth-order valence-electron chi connectivity index (χ4n) is 3.01. The van der Waals surface area contributed by atoms with E-state index in [9.17, 15) is 19.2 Å². The standard InChI is InChI=1S/C20H24N6O4/c1-12(19(29)21-11-13-10-18(28)26(3)20(30)25(13)2)22-17(27)9-8-16-23-14-6-4-5-7-15(14)24-16/h4-7,10,12H,8-9,11H2,1-3H3,(H,21,29)(H,22,27)(H,23,24)/t12-/m0/s1. The number of aromatic nitrogens is 4. The molecule has 3 rings (SSSR count). The van der Waals surface area contributed by atoms with Crippen molar-refractivity contribution in [2.45, 2.75) is 32.4 Å². The Morgan fingerprint density at radius 1 is 1.17 bits per heavy atom. The zero-order valence-corrected chi connectivity index (χ0v) is 17.1. The van der Waals surface area contributed by atoms with E-state index in [4.69, 9.17) is 0 Å². The first-order valence-electron chi connectivity index (χ1n) is 9.53. The van der Waals surface area contributed by atoms with E-state index in [-0.39, 0.29) is 18.9 Å². The SMILES string of the molecule is C[C@H](NC(=O)CCc1nc2ccccc2[nH]1)C(=O)NCc1cc(=O)n(C)c(=O)n1C. The molecule has 3 N–H and O–H groups in total. The summed E-state index contributed by atoms with van der Waals surface area (Å²) in [6.07, 6.45) is 0.602. The maximum atomic E-state index is 12.3. The smallest absolute Gasteiger partial charge is 0.330 e. The third-order valence-corrected chi connectivity index (χ3v) is 4.87. The van der Waals surface area contributed by atoms with Gasteiger partial charge in [-0.25, -0.2) is 9.78 Å². The number of nitrogens with zero attached hydrogens (tertiary/aromatic N) is 3. The van der Waals surface area contributed by atoms with Crippen molar-refractivity contribution in [3.8, 4) is 0 Å². The van der Waals surface area contributed by atoms with Crippen LogP contribution in [0.3, 0.4) is 0 Å². The monoisotopic (exact) mass is 412 g/mol. The molecule has 0 bridgehead atoms. The number of hydrogen-bond donors (Lipinski definition) is 3. The molecule has 1 aromatic carbocycles. The quantitative estimate of drug-likeness (QED) is 0.491. The molecular formula is C20H24N6O4. The number of imidazole rings is 1. The molecule has 0 aliphatic rings. The van der Waals surface area contributed by atoms with Crippen molar-refractivity contribution >= 4 is 22.8 Å². The highest BCUT2D eigenvalue weighted by Crippen LogP contribution is 2.11. The Kier molecular flexibility index (Phi) is 6.14. The van der Waals surface area contributed by atoms with E-state index in [1.807, 2.05) is 24.3 Å². The van der Waals surface area contributed by atoms with Gasteiger partial charge < -0.3 is 15.6 Å². The zero-order chi connectivity index (χ0) is 21.8. The third-order valence-electron chi connectivity index (χ3n) is 4.87. The summed E-state index contributed by atoms with van der Waals surface area (Å²) in [5.74, 6) is 0.00864. The average molecular weight is 412 g/mol. The number of para-hydroxylation sites is 2. The largest absolute Gasteiger partial charge is 0.349 e. The molecule has 2 aromatic heterocycles. The molecule has 0 radical (unpaired) electrons. The van der Waals surface area contributed by atoms with E-state index >= 15 is 0 Å². The van der Waals surface area contributed by atoms with Crippen LogP contribution in [0.5, 0.6) is 0 Å². The van der Waals surface area contributed by atoms with E-state index in [0.717, 1.165) is 15.6 Å². The molecule has 0 aliphatic carbocycles. The summed E-state index contributed by atoms with van der Waals surface area (Å²) < 4.78 is 2.27. The molecule has 0 unspecified atom stereocenters. The van der Waals surface area contributed by atoms with Crippen LogP contribution in [-0.4, -0.2) is 37.0 Å². The number of hydrogen-bond acceptors (Lipinski definition) is 5. The second kappa shape index (κ2) is 8.76. The number of carbonyl (C=O) groups is 2. The molecule has 0 saturated carbocycles. The zero-order valence-electron chi connectivity index (χ0n) is 17.1. The van der Waals surface area contributed by atoms with Crippen molar-refractivity contribution < 1.29 is 9.59 Å². The minimum absolute atomic E-state index is 0.000150. The van der Waals surface area contributed by atoms with Gasteiger partial charge in [-0.1, -0.05) is 12.1 Å². The van der Waals surface area contributed by atoms with Crippen molar-refractivity contribution in [3.63, 3.8) is 0 Å². The topological polar surface area (TPSA) is 131 Å². The van der Waals surface area contributed by atoms with Crippen LogP contribution < -0.4 is 21.9 Å². The molecule has 3 aromatic rings. The van der Waals surface area contributed by atoms with Crippen molar-refractivity contribution in [2.24, 2.45) is 14.1 Å². The molecule has 30 heavy (non-hydrogen) atoms. The predicted molar refractivity (Wildman–Crippen MR) is 111 cm³/mol. The van der Waals surface area contributed by atoms with Gasteiger partial charge in [-0.2, -0.15) is 0 Å². The summed E-state index contributed by atoms with van der Waals surface area (Å²) in [6, 6.07) is 8.12. The van der Waals surface area contributed by atoms with Crippen LogP contribution in [-0.2, 0) is 36.6 Å². The Morgan fingerprint density at radius 3 is 2.63 bits per heavy atom.